The Morgan fingerprint density at radius 1 is 1.47 bits per heavy atom. The summed E-state index contributed by atoms with van der Waals surface area (Å²) in [5, 5.41) is 4.34. The lowest BCUT2D eigenvalue weighted by Crippen LogP contribution is -2.19. The van der Waals surface area contributed by atoms with Gasteiger partial charge in [0.05, 0.1) is 0 Å². The van der Waals surface area contributed by atoms with Crippen molar-refractivity contribution in [2.45, 2.75) is 19.4 Å². The van der Waals surface area contributed by atoms with E-state index in [2.05, 4.69) is 18.2 Å². The molecule has 0 radical (unpaired) electrons. The summed E-state index contributed by atoms with van der Waals surface area (Å²) in [7, 11) is 0. The number of halogens is 1. The van der Waals surface area contributed by atoms with Crippen molar-refractivity contribution in [3.63, 3.8) is 0 Å². The van der Waals surface area contributed by atoms with Gasteiger partial charge < -0.3 is 0 Å². The fourth-order valence-electron chi connectivity index (χ4n) is 1.70. The quantitative estimate of drug-likeness (QED) is 0.812. The number of benzene rings is 1. The first-order valence-corrected chi connectivity index (χ1v) is 6.44. The summed E-state index contributed by atoms with van der Waals surface area (Å²) >= 11 is 1.55. The number of thiophene rings is 1. The Bertz CT molecular complexity index is 553. The monoisotopic (exact) mass is 247 g/mol. The van der Waals surface area contributed by atoms with Crippen LogP contribution in [0.1, 0.15) is 24.3 Å². The van der Waals surface area contributed by atoms with Crippen LogP contribution in [0.2, 0.25) is 0 Å². The molecule has 17 heavy (non-hydrogen) atoms. The van der Waals surface area contributed by atoms with Crippen LogP contribution in [0.5, 0.6) is 0 Å². The first-order valence-electron chi connectivity index (χ1n) is 5.63. The first kappa shape index (κ1) is 12.1. The van der Waals surface area contributed by atoms with Crippen molar-refractivity contribution in [1.29, 1.82) is 0 Å². The van der Waals surface area contributed by atoms with Crippen LogP contribution < -0.4 is 5.32 Å². The van der Waals surface area contributed by atoms with Gasteiger partial charge in [-0.25, -0.2) is 4.39 Å². The van der Waals surface area contributed by atoms with Gasteiger partial charge in [-0.15, -0.1) is 17.8 Å². The van der Waals surface area contributed by atoms with Crippen molar-refractivity contribution in [1.82, 2.24) is 5.32 Å². The molecule has 2 aromatic rings. The number of terminal acetylenes is 1. The van der Waals surface area contributed by atoms with Gasteiger partial charge in [0.15, 0.2) is 0 Å². The van der Waals surface area contributed by atoms with Crippen LogP contribution in [0.15, 0.2) is 24.3 Å². The lowest BCUT2D eigenvalue weighted by Gasteiger charge is -2.09. The van der Waals surface area contributed by atoms with E-state index in [1.54, 1.807) is 23.5 Å². The van der Waals surface area contributed by atoms with Crippen molar-refractivity contribution in [2.24, 2.45) is 0 Å². The van der Waals surface area contributed by atoms with Gasteiger partial charge in [-0.2, -0.15) is 0 Å². The molecule has 1 N–H and O–H groups in total. The van der Waals surface area contributed by atoms with E-state index in [1.807, 2.05) is 6.07 Å². The van der Waals surface area contributed by atoms with Gasteiger partial charge >= 0.3 is 0 Å². The Hall–Kier alpha value is -1.37. The molecule has 0 aliphatic rings. The van der Waals surface area contributed by atoms with Crippen molar-refractivity contribution in [3.05, 3.63) is 35.0 Å². The molecule has 1 aromatic carbocycles. The molecule has 1 unspecified atom stereocenters. The van der Waals surface area contributed by atoms with Crippen LogP contribution in [-0.2, 0) is 0 Å². The van der Waals surface area contributed by atoms with E-state index in [0.29, 0.717) is 0 Å². The first-order chi connectivity index (χ1) is 8.24. The molecule has 1 heterocycles. The smallest absolute Gasteiger partial charge is 0.124 e. The third-order valence-corrected chi connectivity index (χ3v) is 3.71. The highest BCUT2D eigenvalue weighted by molar-refractivity contribution is 7.19. The lowest BCUT2D eigenvalue weighted by atomic mass is 10.2. The van der Waals surface area contributed by atoms with Crippen LogP contribution in [0.4, 0.5) is 4.39 Å². The molecule has 0 saturated heterocycles. The molecule has 0 amide bonds. The molecule has 3 heteroatoms. The number of nitrogens with one attached hydrogen (secondary N) is 1. The SMILES string of the molecule is C#CC(NCCC)c1cc2ccc(F)cc2s1. The average molecular weight is 247 g/mol. The maximum Gasteiger partial charge on any atom is 0.124 e. The molecule has 2 rings (SSSR count). The van der Waals surface area contributed by atoms with Gasteiger partial charge in [0.1, 0.15) is 11.9 Å². The van der Waals surface area contributed by atoms with Crippen molar-refractivity contribution < 1.29 is 4.39 Å². The molecule has 0 fully saturated rings. The van der Waals surface area contributed by atoms with Crippen molar-refractivity contribution >= 4 is 21.4 Å². The fraction of sp³-hybridized carbons (Fsp3) is 0.286. The Balaban J connectivity index is 2.31. The van der Waals surface area contributed by atoms with Gasteiger partial charge in [-0.3, -0.25) is 5.32 Å². The van der Waals surface area contributed by atoms with Gasteiger partial charge in [0.25, 0.3) is 0 Å². The second kappa shape index (κ2) is 5.31. The minimum Gasteiger partial charge on any atom is -0.299 e. The third-order valence-electron chi connectivity index (χ3n) is 2.55. The third kappa shape index (κ3) is 2.66. The van der Waals surface area contributed by atoms with E-state index < -0.39 is 0 Å². The van der Waals surface area contributed by atoms with Crippen molar-refractivity contribution in [3.8, 4) is 12.3 Å². The summed E-state index contributed by atoms with van der Waals surface area (Å²) in [6.07, 6.45) is 6.56. The van der Waals surface area contributed by atoms with Crippen molar-refractivity contribution in [2.75, 3.05) is 6.54 Å². The zero-order valence-corrected chi connectivity index (χ0v) is 10.5. The highest BCUT2D eigenvalue weighted by atomic mass is 32.1. The summed E-state index contributed by atoms with van der Waals surface area (Å²) in [6.45, 7) is 2.98. The standard InChI is InChI=1S/C14H14FNS/c1-3-7-16-12(4-2)14-8-10-5-6-11(15)9-13(10)17-14/h2,5-6,8-9,12,16H,3,7H2,1H3. The van der Waals surface area contributed by atoms with Crippen LogP contribution in [-0.4, -0.2) is 6.54 Å². The minimum absolute atomic E-state index is 0.0737. The average Bonchev–Trinajstić information content (AvgIpc) is 2.72. The highest BCUT2D eigenvalue weighted by Crippen LogP contribution is 2.30. The predicted molar refractivity (Wildman–Crippen MR) is 71.7 cm³/mol. The van der Waals surface area contributed by atoms with Crippen LogP contribution in [0.3, 0.4) is 0 Å². The normalized spacial score (nSPS) is 12.5. The summed E-state index contributed by atoms with van der Waals surface area (Å²) in [5.74, 6) is 2.53. The van der Waals surface area contributed by atoms with E-state index in [4.69, 9.17) is 6.42 Å². The minimum atomic E-state index is -0.204. The summed E-state index contributed by atoms with van der Waals surface area (Å²) in [6, 6.07) is 6.78. The summed E-state index contributed by atoms with van der Waals surface area (Å²) in [5.41, 5.74) is 0. The summed E-state index contributed by atoms with van der Waals surface area (Å²) < 4.78 is 14.0. The Kier molecular flexibility index (Phi) is 3.78. The lowest BCUT2D eigenvalue weighted by molar-refractivity contribution is 0.630. The van der Waals surface area contributed by atoms with Gasteiger partial charge in [0.2, 0.25) is 0 Å². The molecular formula is C14H14FNS. The van der Waals surface area contributed by atoms with E-state index in [0.717, 1.165) is 27.9 Å². The van der Waals surface area contributed by atoms with Crippen LogP contribution >= 0.6 is 11.3 Å². The van der Waals surface area contributed by atoms with E-state index in [-0.39, 0.29) is 11.9 Å². The van der Waals surface area contributed by atoms with E-state index in [1.165, 1.54) is 6.07 Å². The molecule has 1 aromatic heterocycles. The zero-order valence-electron chi connectivity index (χ0n) is 9.66. The van der Waals surface area contributed by atoms with Gasteiger partial charge in [-0.05, 0) is 36.6 Å². The van der Waals surface area contributed by atoms with E-state index >= 15 is 0 Å². The maximum absolute atomic E-state index is 13.1. The zero-order chi connectivity index (χ0) is 12.3. The Morgan fingerprint density at radius 2 is 2.29 bits per heavy atom. The fourth-order valence-corrected chi connectivity index (χ4v) is 2.82. The molecule has 88 valence electrons. The number of rotatable bonds is 4. The molecular weight excluding hydrogens is 233 g/mol. The second-order valence-corrected chi connectivity index (χ2v) is 5.00. The molecule has 1 nitrogen and oxygen atoms in total. The van der Waals surface area contributed by atoms with Crippen LogP contribution in [0.25, 0.3) is 10.1 Å². The molecule has 0 aliphatic carbocycles. The molecule has 1 atom stereocenters. The second-order valence-electron chi connectivity index (χ2n) is 3.88. The Labute approximate surface area is 105 Å². The largest absolute Gasteiger partial charge is 0.299 e. The number of hydrogen-bond donors (Lipinski definition) is 1. The molecule has 0 saturated carbocycles. The predicted octanol–water partition coefficient (Wildman–Crippen LogP) is 3.71. The number of hydrogen-bond acceptors (Lipinski definition) is 2. The van der Waals surface area contributed by atoms with Gasteiger partial charge in [-0.1, -0.05) is 18.9 Å². The Morgan fingerprint density at radius 3 is 3.00 bits per heavy atom. The van der Waals surface area contributed by atoms with Gasteiger partial charge in [0, 0.05) is 9.58 Å². The molecule has 0 bridgehead atoms. The highest BCUT2D eigenvalue weighted by Gasteiger charge is 2.11. The van der Waals surface area contributed by atoms with E-state index in [9.17, 15) is 4.39 Å². The summed E-state index contributed by atoms with van der Waals surface area (Å²) in [4.78, 5) is 1.07. The topological polar surface area (TPSA) is 12.0 Å². The van der Waals surface area contributed by atoms with Crippen LogP contribution in [0, 0.1) is 18.2 Å². The molecule has 0 aliphatic heterocycles. The number of fused-ring (bicyclic) bond motifs is 1. The maximum atomic E-state index is 13.1. The molecule has 0 spiro atoms.